The molecule has 0 aromatic heterocycles. The number of nitrogens with zero attached hydrogens (tertiary/aromatic N) is 3. The van der Waals surface area contributed by atoms with E-state index in [2.05, 4.69) is 22.0 Å². The average molecular weight is 324 g/mol. The van der Waals surface area contributed by atoms with Gasteiger partial charge in [-0.25, -0.2) is 4.79 Å². The van der Waals surface area contributed by atoms with Crippen LogP contribution in [-0.2, 0) is 4.74 Å². The minimum absolute atomic E-state index is 0.108. The molecule has 23 heavy (non-hydrogen) atoms. The summed E-state index contributed by atoms with van der Waals surface area (Å²) in [6, 6.07) is 1.07. The van der Waals surface area contributed by atoms with E-state index in [1.54, 1.807) is 0 Å². The molecule has 2 heterocycles. The Kier molecular flexibility index (Phi) is 6.14. The number of hydrogen-bond acceptors (Lipinski definition) is 4. The second-order valence-electron chi connectivity index (χ2n) is 7.22. The Morgan fingerprint density at radius 2 is 1.74 bits per heavy atom. The zero-order valence-corrected chi connectivity index (χ0v) is 14.5. The van der Waals surface area contributed by atoms with E-state index < -0.39 is 0 Å². The zero-order valence-electron chi connectivity index (χ0n) is 14.5. The zero-order chi connectivity index (χ0) is 16.1. The van der Waals surface area contributed by atoms with Crippen LogP contribution in [0.15, 0.2) is 0 Å². The standard InChI is InChI=1S/C17H32N4O2/c1-15(14-19-10-12-23-13-11-19)18-17(22)21-8-6-20(7-9-21)16-4-2-3-5-16/h15-16H,2-14H2,1H3,(H,18,22). The van der Waals surface area contributed by atoms with Crippen LogP contribution in [0.3, 0.4) is 0 Å². The molecule has 132 valence electrons. The Bertz CT molecular complexity index is 373. The highest BCUT2D eigenvalue weighted by atomic mass is 16.5. The van der Waals surface area contributed by atoms with Crippen molar-refractivity contribution in [2.24, 2.45) is 0 Å². The molecule has 0 radical (unpaired) electrons. The number of urea groups is 1. The molecule has 3 aliphatic rings. The molecule has 1 unspecified atom stereocenters. The SMILES string of the molecule is CC(CN1CCOCC1)NC(=O)N1CCN(C2CCCC2)CC1. The molecule has 6 nitrogen and oxygen atoms in total. The van der Waals surface area contributed by atoms with Crippen molar-refractivity contribution >= 4 is 6.03 Å². The maximum absolute atomic E-state index is 12.4. The van der Waals surface area contributed by atoms with E-state index in [1.165, 1.54) is 25.7 Å². The maximum atomic E-state index is 12.4. The first-order chi connectivity index (χ1) is 11.2. The third-order valence-corrected chi connectivity index (χ3v) is 5.45. The summed E-state index contributed by atoms with van der Waals surface area (Å²) in [6.45, 7) is 10.4. The van der Waals surface area contributed by atoms with E-state index in [1.807, 2.05) is 4.90 Å². The summed E-state index contributed by atoms with van der Waals surface area (Å²) in [5.41, 5.74) is 0. The molecule has 0 spiro atoms. The lowest BCUT2D eigenvalue weighted by molar-refractivity contribution is 0.0344. The predicted molar refractivity (Wildman–Crippen MR) is 90.7 cm³/mol. The van der Waals surface area contributed by atoms with E-state index in [9.17, 15) is 4.79 Å². The molecular formula is C17H32N4O2. The van der Waals surface area contributed by atoms with Crippen LogP contribution in [0.25, 0.3) is 0 Å². The Labute approximate surface area is 140 Å². The first-order valence-electron chi connectivity index (χ1n) is 9.32. The van der Waals surface area contributed by atoms with Crippen molar-refractivity contribution in [3.8, 4) is 0 Å². The van der Waals surface area contributed by atoms with Gasteiger partial charge in [-0.1, -0.05) is 12.8 Å². The number of nitrogens with one attached hydrogen (secondary N) is 1. The summed E-state index contributed by atoms with van der Waals surface area (Å²) >= 11 is 0. The van der Waals surface area contributed by atoms with Crippen molar-refractivity contribution in [1.82, 2.24) is 20.0 Å². The fourth-order valence-electron chi connectivity index (χ4n) is 4.08. The van der Waals surface area contributed by atoms with Crippen molar-refractivity contribution < 1.29 is 9.53 Å². The van der Waals surface area contributed by atoms with Gasteiger partial charge in [0, 0.05) is 57.9 Å². The molecule has 3 rings (SSSR count). The largest absolute Gasteiger partial charge is 0.379 e. The Hall–Kier alpha value is -0.850. The van der Waals surface area contributed by atoms with Crippen LogP contribution >= 0.6 is 0 Å². The van der Waals surface area contributed by atoms with E-state index in [4.69, 9.17) is 4.74 Å². The maximum Gasteiger partial charge on any atom is 0.317 e. The van der Waals surface area contributed by atoms with Gasteiger partial charge in [0.2, 0.25) is 0 Å². The summed E-state index contributed by atoms with van der Waals surface area (Å²) in [4.78, 5) is 19.4. The van der Waals surface area contributed by atoms with Gasteiger partial charge in [0.05, 0.1) is 13.2 Å². The highest BCUT2D eigenvalue weighted by Gasteiger charge is 2.28. The molecule has 1 atom stereocenters. The van der Waals surface area contributed by atoms with Crippen molar-refractivity contribution in [3.63, 3.8) is 0 Å². The van der Waals surface area contributed by atoms with Gasteiger partial charge in [-0.3, -0.25) is 9.80 Å². The van der Waals surface area contributed by atoms with Crippen molar-refractivity contribution in [2.45, 2.75) is 44.7 Å². The number of carbonyl (C=O) groups excluding carboxylic acids is 1. The van der Waals surface area contributed by atoms with Gasteiger partial charge in [-0.05, 0) is 19.8 Å². The first-order valence-corrected chi connectivity index (χ1v) is 9.32. The van der Waals surface area contributed by atoms with Crippen LogP contribution in [0, 0.1) is 0 Å². The molecule has 1 N–H and O–H groups in total. The van der Waals surface area contributed by atoms with Crippen molar-refractivity contribution in [2.75, 3.05) is 59.0 Å². The van der Waals surface area contributed by atoms with Gasteiger partial charge < -0.3 is 15.0 Å². The van der Waals surface area contributed by atoms with Gasteiger partial charge in [0.25, 0.3) is 0 Å². The summed E-state index contributed by atoms with van der Waals surface area (Å²) in [5, 5.41) is 3.17. The summed E-state index contributed by atoms with van der Waals surface area (Å²) < 4.78 is 5.37. The van der Waals surface area contributed by atoms with Gasteiger partial charge in [0.15, 0.2) is 0 Å². The third-order valence-electron chi connectivity index (χ3n) is 5.45. The average Bonchev–Trinajstić information content (AvgIpc) is 3.10. The van der Waals surface area contributed by atoms with E-state index >= 15 is 0 Å². The fraction of sp³-hybridized carbons (Fsp3) is 0.941. The summed E-state index contributed by atoms with van der Waals surface area (Å²) in [7, 11) is 0. The number of rotatable bonds is 4. The molecule has 2 amide bonds. The number of morpholine rings is 1. The number of amides is 2. The van der Waals surface area contributed by atoms with Crippen molar-refractivity contribution in [3.05, 3.63) is 0 Å². The molecule has 2 saturated heterocycles. The molecule has 1 aliphatic carbocycles. The first kappa shape index (κ1) is 17.0. The molecule has 0 bridgehead atoms. The quantitative estimate of drug-likeness (QED) is 0.837. The smallest absolute Gasteiger partial charge is 0.317 e. The second kappa shape index (κ2) is 8.31. The number of hydrogen-bond donors (Lipinski definition) is 1. The molecule has 2 aliphatic heterocycles. The highest BCUT2D eigenvalue weighted by Crippen LogP contribution is 2.24. The van der Waals surface area contributed by atoms with E-state index in [-0.39, 0.29) is 12.1 Å². The fourth-order valence-corrected chi connectivity index (χ4v) is 4.08. The van der Waals surface area contributed by atoms with Crippen LogP contribution in [0.5, 0.6) is 0 Å². The molecule has 1 saturated carbocycles. The Morgan fingerprint density at radius 1 is 1.09 bits per heavy atom. The van der Waals surface area contributed by atoms with Crippen LogP contribution in [0.2, 0.25) is 0 Å². The topological polar surface area (TPSA) is 48.1 Å². The second-order valence-corrected chi connectivity index (χ2v) is 7.22. The van der Waals surface area contributed by atoms with E-state index in [0.29, 0.717) is 0 Å². The predicted octanol–water partition coefficient (Wildman–Crippen LogP) is 0.977. The lowest BCUT2D eigenvalue weighted by Gasteiger charge is -2.38. The lowest BCUT2D eigenvalue weighted by atomic mass is 10.2. The molecule has 0 aromatic rings. The highest BCUT2D eigenvalue weighted by molar-refractivity contribution is 5.74. The van der Waals surface area contributed by atoms with Crippen LogP contribution in [0.4, 0.5) is 4.79 Å². The van der Waals surface area contributed by atoms with E-state index in [0.717, 1.165) is 65.1 Å². The third kappa shape index (κ3) is 4.81. The van der Waals surface area contributed by atoms with Gasteiger partial charge >= 0.3 is 6.03 Å². The molecule has 3 fully saturated rings. The van der Waals surface area contributed by atoms with Gasteiger partial charge in [0.1, 0.15) is 0 Å². The van der Waals surface area contributed by atoms with Gasteiger partial charge in [-0.15, -0.1) is 0 Å². The molecular weight excluding hydrogens is 292 g/mol. The lowest BCUT2D eigenvalue weighted by Crippen LogP contribution is -2.56. The number of piperazine rings is 1. The number of ether oxygens (including phenoxy) is 1. The minimum Gasteiger partial charge on any atom is -0.379 e. The minimum atomic E-state index is 0.108. The van der Waals surface area contributed by atoms with Crippen LogP contribution in [-0.4, -0.2) is 91.8 Å². The molecule has 0 aromatic carbocycles. The number of carbonyl (C=O) groups is 1. The van der Waals surface area contributed by atoms with Crippen LogP contribution in [0.1, 0.15) is 32.6 Å². The monoisotopic (exact) mass is 324 g/mol. The van der Waals surface area contributed by atoms with Crippen molar-refractivity contribution in [1.29, 1.82) is 0 Å². The molecule has 6 heteroatoms. The summed E-state index contributed by atoms with van der Waals surface area (Å²) in [5.74, 6) is 0. The normalized spacial score (nSPS) is 26.4. The van der Waals surface area contributed by atoms with Gasteiger partial charge in [-0.2, -0.15) is 0 Å². The Balaban J connectivity index is 1.36. The van der Waals surface area contributed by atoms with Crippen LogP contribution < -0.4 is 5.32 Å². The Morgan fingerprint density at radius 3 is 2.39 bits per heavy atom. The summed E-state index contributed by atoms with van der Waals surface area (Å²) in [6.07, 6.45) is 5.46.